The number of carboxylic acids is 1. The predicted octanol–water partition coefficient (Wildman–Crippen LogP) is -2.15. The smallest absolute Gasteiger partial charge is 0.326 e. The number of aliphatic hydroxyl groups is 1. The van der Waals surface area contributed by atoms with Gasteiger partial charge >= 0.3 is 5.97 Å². The van der Waals surface area contributed by atoms with Crippen LogP contribution in [0.25, 0.3) is 10.9 Å². The van der Waals surface area contributed by atoms with Gasteiger partial charge in [0.25, 0.3) is 0 Å². The summed E-state index contributed by atoms with van der Waals surface area (Å²) < 4.78 is 0. The molecule has 2 aromatic rings. The molecule has 0 fully saturated rings. The van der Waals surface area contributed by atoms with Gasteiger partial charge in [-0.2, -0.15) is 0 Å². The predicted molar refractivity (Wildman–Crippen MR) is 125 cm³/mol. The Kier molecular flexibility index (Phi) is 9.73. The number of aliphatic carboxylic acids is 1. The van der Waals surface area contributed by atoms with E-state index in [-0.39, 0.29) is 25.8 Å². The molecule has 4 atom stereocenters. The number of H-pyrrole nitrogens is 1. The van der Waals surface area contributed by atoms with E-state index in [4.69, 9.17) is 11.5 Å². The number of nitrogens with one attached hydrogen (secondary N) is 4. The Bertz CT molecular complexity index is 1080. The van der Waals surface area contributed by atoms with E-state index in [9.17, 15) is 34.2 Å². The number of amides is 4. The van der Waals surface area contributed by atoms with E-state index >= 15 is 0 Å². The molecule has 0 aliphatic heterocycles. The van der Waals surface area contributed by atoms with Crippen LogP contribution in [0, 0.1) is 0 Å². The molecular weight excluding hydrogens is 460 g/mol. The monoisotopic (exact) mass is 490 g/mol. The molecule has 1 heterocycles. The molecule has 13 heteroatoms. The first-order valence-electron chi connectivity index (χ1n) is 10.9. The van der Waals surface area contributed by atoms with Crippen LogP contribution >= 0.6 is 0 Å². The number of benzene rings is 1. The van der Waals surface area contributed by atoms with Gasteiger partial charge in [0.2, 0.25) is 23.6 Å². The summed E-state index contributed by atoms with van der Waals surface area (Å²) >= 11 is 0. The van der Waals surface area contributed by atoms with E-state index in [2.05, 4.69) is 20.9 Å². The van der Waals surface area contributed by atoms with Gasteiger partial charge in [0, 0.05) is 29.9 Å². The van der Waals surface area contributed by atoms with Crippen LogP contribution < -0.4 is 27.4 Å². The number of nitrogens with two attached hydrogens (primary N) is 2. The first kappa shape index (κ1) is 27.3. The number of hydrogen-bond donors (Lipinski definition) is 8. The maximum atomic E-state index is 13.1. The zero-order chi connectivity index (χ0) is 26.1. The third-order valence-electron chi connectivity index (χ3n) is 5.29. The number of rotatable bonds is 13. The lowest BCUT2D eigenvalue weighted by Crippen LogP contribution is -2.59. The van der Waals surface area contributed by atoms with Crippen molar-refractivity contribution in [2.75, 3.05) is 6.54 Å². The van der Waals surface area contributed by atoms with Crippen LogP contribution in [-0.2, 0) is 30.4 Å². The molecule has 1 aromatic carbocycles. The molecule has 0 spiro atoms. The highest BCUT2D eigenvalue weighted by Crippen LogP contribution is 2.19. The summed E-state index contributed by atoms with van der Waals surface area (Å²) in [4.78, 5) is 63.2. The molecule has 190 valence electrons. The molecule has 13 nitrogen and oxygen atoms in total. The number of aromatic amines is 1. The van der Waals surface area contributed by atoms with Crippen LogP contribution in [0.15, 0.2) is 30.5 Å². The third kappa shape index (κ3) is 7.79. The Balaban J connectivity index is 2.20. The number of para-hydroxylation sites is 1. The number of carbonyl (C=O) groups is 5. The fraction of sp³-hybridized carbons (Fsp3) is 0.409. The normalized spacial score (nSPS) is 14.4. The summed E-state index contributed by atoms with van der Waals surface area (Å²) in [6.45, 7) is 0.856. The largest absolute Gasteiger partial charge is 0.480 e. The number of primary amides is 1. The van der Waals surface area contributed by atoms with Crippen molar-refractivity contribution in [2.45, 2.75) is 50.4 Å². The highest BCUT2D eigenvalue weighted by Gasteiger charge is 2.32. The second-order valence-electron chi connectivity index (χ2n) is 8.02. The van der Waals surface area contributed by atoms with E-state index in [1.807, 2.05) is 24.3 Å². The Morgan fingerprint density at radius 3 is 2.31 bits per heavy atom. The van der Waals surface area contributed by atoms with Gasteiger partial charge in [0.05, 0.1) is 12.6 Å². The van der Waals surface area contributed by atoms with E-state index in [0.29, 0.717) is 5.56 Å². The highest BCUT2D eigenvalue weighted by atomic mass is 16.4. The quantitative estimate of drug-likeness (QED) is 0.154. The Labute approximate surface area is 200 Å². The average molecular weight is 491 g/mol. The minimum atomic E-state index is -1.54. The van der Waals surface area contributed by atoms with Crippen molar-refractivity contribution >= 4 is 40.5 Å². The van der Waals surface area contributed by atoms with Crippen LogP contribution in [-0.4, -0.2) is 75.6 Å². The van der Waals surface area contributed by atoms with Crippen LogP contribution in [0.1, 0.15) is 25.3 Å². The topological polar surface area (TPSA) is 230 Å². The molecule has 0 saturated carbocycles. The van der Waals surface area contributed by atoms with Crippen molar-refractivity contribution in [2.24, 2.45) is 11.5 Å². The van der Waals surface area contributed by atoms with Crippen molar-refractivity contribution in [3.05, 3.63) is 36.0 Å². The molecule has 0 saturated heterocycles. The summed E-state index contributed by atoms with van der Waals surface area (Å²) in [5.74, 6) is -4.55. The maximum Gasteiger partial charge on any atom is 0.326 e. The SMILES string of the molecule is CC(O)C(NC(=O)C(Cc1c[nH]c2ccccc12)NC(=O)CN)C(=O)NC(CCC(N)=O)C(=O)O. The first-order chi connectivity index (χ1) is 16.5. The van der Waals surface area contributed by atoms with Crippen molar-refractivity contribution in [3.63, 3.8) is 0 Å². The molecule has 0 aliphatic rings. The van der Waals surface area contributed by atoms with Gasteiger partial charge in [-0.05, 0) is 25.0 Å². The molecule has 10 N–H and O–H groups in total. The minimum absolute atomic E-state index is 0.0477. The zero-order valence-electron chi connectivity index (χ0n) is 19.1. The zero-order valence-corrected chi connectivity index (χ0v) is 19.1. The molecule has 0 aliphatic carbocycles. The van der Waals surface area contributed by atoms with E-state index in [0.717, 1.165) is 10.9 Å². The van der Waals surface area contributed by atoms with Crippen molar-refractivity contribution < 1.29 is 34.2 Å². The van der Waals surface area contributed by atoms with Gasteiger partial charge in [-0.3, -0.25) is 19.2 Å². The van der Waals surface area contributed by atoms with Crippen LogP contribution in [0.2, 0.25) is 0 Å². The number of carboxylic acid groups (broad SMARTS) is 1. The molecule has 0 radical (unpaired) electrons. The van der Waals surface area contributed by atoms with Crippen molar-refractivity contribution in [1.29, 1.82) is 0 Å². The Hall–Kier alpha value is -3.97. The number of aliphatic hydroxyl groups excluding tert-OH is 1. The van der Waals surface area contributed by atoms with Crippen LogP contribution in [0.3, 0.4) is 0 Å². The molecule has 35 heavy (non-hydrogen) atoms. The number of aromatic nitrogens is 1. The van der Waals surface area contributed by atoms with E-state index in [1.165, 1.54) is 6.92 Å². The third-order valence-corrected chi connectivity index (χ3v) is 5.29. The lowest BCUT2D eigenvalue weighted by Gasteiger charge is -2.26. The second-order valence-corrected chi connectivity index (χ2v) is 8.02. The Morgan fingerprint density at radius 2 is 1.71 bits per heavy atom. The van der Waals surface area contributed by atoms with Crippen molar-refractivity contribution in [3.8, 4) is 0 Å². The van der Waals surface area contributed by atoms with E-state index in [1.54, 1.807) is 6.20 Å². The number of carbonyl (C=O) groups excluding carboxylic acids is 4. The van der Waals surface area contributed by atoms with Crippen LogP contribution in [0.4, 0.5) is 0 Å². The van der Waals surface area contributed by atoms with Gasteiger partial charge in [-0.15, -0.1) is 0 Å². The maximum absolute atomic E-state index is 13.1. The summed E-state index contributed by atoms with van der Waals surface area (Å²) in [5, 5.41) is 27.3. The molecule has 1 aromatic heterocycles. The highest BCUT2D eigenvalue weighted by molar-refractivity contribution is 5.94. The molecule has 4 amide bonds. The summed E-state index contributed by atoms with van der Waals surface area (Å²) in [6.07, 6.45) is -0.239. The summed E-state index contributed by atoms with van der Waals surface area (Å²) in [6, 6.07) is 3.18. The lowest BCUT2D eigenvalue weighted by molar-refractivity contribution is -0.143. The first-order valence-corrected chi connectivity index (χ1v) is 10.9. The average Bonchev–Trinajstić information content (AvgIpc) is 3.21. The Morgan fingerprint density at radius 1 is 1.03 bits per heavy atom. The standard InChI is InChI=1S/C22H30N6O7/c1-11(29)19(21(33)27-15(22(34)35)6-7-17(24)30)28-20(32)16(26-18(31)9-23)8-12-10-25-14-5-3-2-4-13(12)14/h2-5,10-11,15-16,19,25,29H,6-9,23H2,1H3,(H2,24,30)(H,26,31)(H,27,33)(H,28,32)(H,34,35). The number of fused-ring (bicyclic) bond motifs is 1. The molecule has 2 rings (SSSR count). The van der Waals surface area contributed by atoms with Gasteiger partial charge in [0.15, 0.2) is 0 Å². The van der Waals surface area contributed by atoms with Gasteiger partial charge in [-0.1, -0.05) is 18.2 Å². The van der Waals surface area contributed by atoms with Gasteiger partial charge in [-0.25, -0.2) is 4.79 Å². The van der Waals surface area contributed by atoms with Crippen LogP contribution in [0.5, 0.6) is 0 Å². The summed E-state index contributed by atoms with van der Waals surface area (Å²) in [7, 11) is 0. The van der Waals surface area contributed by atoms with E-state index < -0.39 is 53.8 Å². The molecule has 4 unspecified atom stereocenters. The van der Waals surface area contributed by atoms with Gasteiger partial charge < -0.3 is 42.6 Å². The fourth-order valence-corrected chi connectivity index (χ4v) is 3.45. The lowest BCUT2D eigenvalue weighted by atomic mass is 10.0. The van der Waals surface area contributed by atoms with Gasteiger partial charge in [0.1, 0.15) is 18.1 Å². The van der Waals surface area contributed by atoms with Crippen molar-refractivity contribution in [1.82, 2.24) is 20.9 Å². The second kappa shape index (κ2) is 12.5. The molecule has 0 bridgehead atoms. The fourth-order valence-electron chi connectivity index (χ4n) is 3.45. The minimum Gasteiger partial charge on any atom is -0.480 e. The summed E-state index contributed by atoms with van der Waals surface area (Å²) in [5.41, 5.74) is 11.9. The number of hydrogen-bond acceptors (Lipinski definition) is 7. The molecular formula is C22H30N6O7.